The molecule has 5 heteroatoms. The number of aliphatic hydroxyl groups is 1. The van der Waals surface area contributed by atoms with Crippen LogP contribution in [0, 0.1) is 9.39 Å². The lowest BCUT2D eigenvalue weighted by atomic mass is 9.98. The van der Waals surface area contributed by atoms with E-state index in [9.17, 15) is 9.50 Å². The molecule has 104 valence electrons. The summed E-state index contributed by atoms with van der Waals surface area (Å²) < 4.78 is 20.4. The van der Waals surface area contributed by atoms with Crippen molar-refractivity contribution in [2.45, 2.75) is 12.5 Å². The third-order valence-electron chi connectivity index (χ3n) is 3.33. The molecule has 1 unspecified atom stereocenters. The Bertz CT molecular complexity index is 675. The van der Waals surface area contributed by atoms with Gasteiger partial charge in [0.2, 0.25) is 0 Å². The second-order valence-electron chi connectivity index (χ2n) is 4.65. The van der Waals surface area contributed by atoms with E-state index in [4.69, 9.17) is 4.74 Å². The summed E-state index contributed by atoms with van der Waals surface area (Å²) in [6.45, 7) is 0.631. The van der Waals surface area contributed by atoms with Crippen LogP contribution >= 0.6 is 38.5 Å². The molecular weight excluding hydrogens is 438 g/mol. The Kier molecular flexibility index (Phi) is 4.01. The average molecular weight is 449 g/mol. The molecule has 1 aliphatic heterocycles. The first-order chi connectivity index (χ1) is 9.56. The molecule has 2 aromatic rings. The molecule has 1 N–H and O–H groups in total. The van der Waals surface area contributed by atoms with Gasteiger partial charge < -0.3 is 9.84 Å². The third kappa shape index (κ3) is 2.58. The molecule has 1 heterocycles. The Labute approximate surface area is 138 Å². The molecule has 0 aliphatic carbocycles. The summed E-state index contributed by atoms with van der Waals surface area (Å²) in [6, 6.07) is 8.25. The normalized spacial score (nSPS) is 14.8. The highest BCUT2D eigenvalue weighted by Crippen LogP contribution is 2.39. The SMILES string of the molecule is OC(c1ccc(F)cc1I)c1cc(Br)cc2c1OCC2. The van der Waals surface area contributed by atoms with Gasteiger partial charge >= 0.3 is 0 Å². The fourth-order valence-electron chi connectivity index (χ4n) is 2.39. The van der Waals surface area contributed by atoms with Crippen LogP contribution in [0.3, 0.4) is 0 Å². The van der Waals surface area contributed by atoms with Crippen molar-refractivity contribution in [3.63, 3.8) is 0 Å². The topological polar surface area (TPSA) is 29.5 Å². The van der Waals surface area contributed by atoms with Crippen molar-refractivity contribution in [1.82, 2.24) is 0 Å². The lowest BCUT2D eigenvalue weighted by Crippen LogP contribution is -2.04. The number of aliphatic hydroxyl groups excluding tert-OH is 1. The van der Waals surface area contributed by atoms with Gasteiger partial charge in [0.25, 0.3) is 0 Å². The Morgan fingerprint density at radius 2 is 2.05 bits per heavy atom. The standard InChI is InChI=1S/C15H11BrFIO2/c16-9-5-8-3-4-20-15(8)12(6-9)14(19)11-2-1-10(17)7-13(11)18/h1-2,5-7,14,19H,3-4H2. The first kappa shape index (κ1) is 14.3. The van der Waals surface area contributed by atoms with Crippen LogP contribution in [0.4, 0.5) is 4.39 Å². The quantitative estimate of drug-likeness (QED) is 0.697. The maximum absolute atomic E-state index is 13.2. The van der Waals surface area contributed by atoms with Gasteiger partial charge in [-0.1, -0.05) is 22.0 Å². The minimum absolute atomic E-state index is 0.305. The van der Waals surface area contributed by atoms with Gasteiger partial charge in [-0.3, -0.25) is 0 Å². The summed E-state index contributed by atoms with van der Waals surface area (Å²) in [7, 11) is 0. The van der Waals surface area contributed by atoms with Gasteiger partial charge in [-0.25, -0.2) is 4.39 Å². The fraction of sp³-hybridized carbons (Fsp3) is 0.200. The van der Waals surface area contributed by atoms with Gasteiger partial charge in [0, 0.05) is 20.0 Å². The van der Waals surface area contributed by atoms with E-state index in [1.807, 2.05) is 34.7 Å². The Balaban J connectivity index is 2.09. The molecule has 0 radical (unpaired) electrons. The van der Waals surface area contributed by atoms with Gasteiger partial charge in [-0.2, -0.15) is 0 Å². The summed E-state index contributed by atoms with van der Waals surface area (Å²) in [5, 5.41) is 10.6. The van der Waals surface area contributed by atoms with Crippen LogP contribution < -0.4 is 4.74 Å². The van der Waals surface area contributed by atoms with E-state index in [-0.39, 0.29) is 5.82 Å². The minimum atomic E-state index is -0.827. The van der Waals surface area contributed by atoms with E-state index < -0.39 is 6.10 Å². The molecule has 0 saturated heterocycles. The number of hydrogen-bond donors (Lipinski definition) is 1. The predicted molar refractivity (Wildman–Crippen MR) is 86.5 cm³/mol. The Hall–Kier alpha value is -0.660. The minimum Gasteiger partial charge on any atom is -0.493 e. The van der Waals surface area contributed by atoms with Crippen LogP contribution in [-0.2, 0) is 6.42 Å². The molecule has 1 atom stereocenters. The van der Waals surface area contributed by atoms with Crippen molar-refractivity contribution in [3.05, 3.63) is 60.9 Å². The molecule has 2 nitrogen and oxygen atoms in total. The number of rotatable bonds is 2. The summed E-state index contributed by atoms with van der Waals surface area (Å²) in [5.41, 5.74) is 2.49. The van der Waals surface area contributed by atoms with Gasteiger partial charge in [-0.15, -0.1) is 0 Å². The molecular formula is C15H11BrFIO2. The Morgan fingerprint density at radius 3 is 2.80 bits per heavy atom. The summed E-state index contributed by atoms with van der Waals surface area (Å²) >= 11 is 5.49. The molecule has 3 rings (SSSR count). The lowest BCUT2D eigenvalue weighted by Gasteiger charge is -2.17. The Morgan fingerprint density at radius 1 is 1.25 bits per heavy atom. The van der Waals surface area contributed by atoms with Crippen molar-refractivity contribution in [3.8, 4) is 5.75 Å². The highest BCUT2D eigenvalue weighted by molar-refractivity contribution is 14.1. The summed E-state index contributed by atoms with van der Waals surface area (Å²) in [6.07, 6.45) is 0.0153. The van der Waals surface area contributed by atoms with Crippen LogP contribution in [0.2, 0.25) is 0 Å². The number of halogens is 3. The van der Waals surface area contributed by atoms with Crippen LogP contribution in [0.5, 0.6) is 5.75 Å². The van der Waals surface area contributed by atoms with Crippen molar-refractivity contribution in [2.24, 2.45) is 0 Å². The smallest absolute Gasteiger partial charge is 0.128 e. The zero-order chi connectivity index (χ0) is 14.3. The molecule has 0 fully saturated rings. The van der Waals surface area contributed by atoms with Crippen molar-refractivity contribution in [1.29, 1.82) is 0 Å². The first-order valence-corrected chi connectivity index (χ1v) is 8.01. The maximum atomic E-state index is 13.2. The second-order valence-corrected chi connectivity index (χ2v) is 6.73. The van der Waals surface area contributed by atoms with Crippen molar-refractivity contribution < 1.29 is 14.2 Å². The van der Waals surface area contributed by atoms with Gasteiger partial charge in [-0.05, 0) is 58.0 Å². The van der Waals surface area contributed by atoms with E-state index in [1.165, 1.54) is 12.1 Å². The predicted octanol–water partition coefficient (Wildman–Crippen LogP) is 4.21. The van der Waals surface area contributed by atoms with Gasteiger partial charge in [0.05, 0.1) is 6.61 Å². The monoisotopic (exact) mass is 448 g/mol. The number of benzene rings is 2. The largest absolute Gasteiger partial charge is 0.493 e. The molecule has 20 heavy (non-hydrogen) atoms. The molecule has 1 aliphatic rings. The van der Waals surface area contributed by atoms with Crippen LogP contribution in [0.25, 0.3) is 0 Å². The van der Waals surface area contributed by atoms with Gasteiger partial charge in [0.15, 0.2) is 0 Å². The van der Waals surface area contributed by atoms with Crippen LogP contribution in [0.1, 0.15) is 22.8 Å². The van der Waals surface area contributed by atoms with Crippen molar-refractivity contribution in [2.75, 3.05) is 6.61 Å². The highest BCUT2D eigenvalue weighted by Gasteiger charge is 2.24. The molecule has 2 aromatic carbocycles. The van der Waals surface area contributed by atoms with Crippen LogP contribution in [0.15, 0.2) is 34.8 Å². The average Bonchev–Trinajstić information content (AvgIpc) is 2.85. The van der Waals surface area contributed by atoms with E-state index in [2.05, 4.69) is 15.9 Å². The number of hydrogen-bond acceptors (Lipinski definition) is 2. The van der Waals surface area contributed by atoms with E-state index in [0.717, 1.165) is 27.8 Å². The first-order valence-electron chi connectivity index (χ1n) is 6.14. The zero-order valence-corrected chi connectivity index (χ0v) is 14.1. The molecule has 0 aromatic heterocycles. The van der Waals surface area contributed by atoms with E-state index in [1.54, 1.807) is 6.07 Å². The molecule has 0 amide bonds. The van der Waals surface area contributed by atoms with E-state index >= 15 is 0 Å². The number of fused-ring (bicyclic) bond motifs is 1. The molecule has 0 spiro atoms. The maximum Gasteiger partial charge on any atom is 0.128 e. The van der Waals surface area contributed by atoms with Gasteiger partial charge in [0.1, 0.15) is 17.7 Å². The highest BCUT2D eigenvalue weighted by atomic mass is 127. The number of ether oxygens (including phenoxy) is 1. The zero-order valence-electron chi connectivity index (χ0n) is 10.4. The van der Waals surface area contributed by atoms with Crippen molar-refractivity contribution >= 4 is 38.5 Å². The lowest BCUT2D eigenvalue weighted by molar-refractivity contribution is 0.212. The summed E-state index contributed by atoms with van der Waals surface area (Å²) in [4.78, 5) is 0. The second kappa shape index (κ2) is 5.61. The molecule has 0 bridgehead atoms. The molecule has 0 saturated carbocycles. The third-order valence-corrected chi connectivity index (χ3v) is 4.72. The van der Waals surface area contributed by atoms with E-state index in [0.29, 0.717) is 15.7 Å². The summed E-state index contributed by atoms with van der Waals surface area (Å²) in [5.74, 6) is 0.446. The fourth-order valence-corrected chi connectivity index (χ4v) is 3.69. The van der Waals surface area contributed by atoms with Crippen LogP contribution in [-0.4, -0.2) is 11.7 Å².